The Morgan fingerprint density at radius 1 is 1.04 bits per heavy atom. The SMILES string of the molecule is O=C(CC1c2ccccc2OC(=O)C12CCCCC2)c1ccc(Cl)cc1. The first kappa shape index (κ1) is 17.3. The molecule has 0 amide bonds. The number of Topliss-reactive ketones (excluding diaryl/α,β-unsaturated/α-hetero) is 1. The van der Waals surface area contributed by atoms with Crippen molar-refractivity contribution < 1.29 is 14.3 Å². The molecule has 2 aromatic carbocycles. The number of hydrogen-bond acceptors (Lipinski definition) is 3. The maximum Gasteiger partial charge on any atom is 0.318 e. The van der Waals surface area contributed by atoms with Crippen LogP contribution in [-0.2, 0) is 4.79 Å². The number of benzene rings is 2. The number of fused-ring (bicyclic) bond motifs is 1. The molecule has 2 aliphatic rings. The maximum atomic E-state index is 13.0. The Morgan fingerprint density at radius 3 is 2.46 bits per heavy atom. The van der Waals surface area contributed by atoms with Gasteiger partial charge in [0.05, 0.1) is 5.41 Å². The summed E-state index contributed by atoms with van der Waals surface area (Å²) in [5.74, 6) is 0.344. The van der Waals surface area contributed by atoms with Crippen LogP contribution in [0.4, 0.5) is 0 Å². The van der Waals surface area contributed by atoms with E-state index in [4.69, 9.17) is 16.3 Å². The van der Waals surface area contributed by atoms with Crippen LogP contribution in [0.2, 0.25) is 5.02 Å². The van der Waals surface area contributed by atoms with Gasteiger partial charge in [-0.3, -0.25) is 9.59 Å². The smallest absolute Gasteiger partial charge is 0.318 e. The summed E-state index contributed by atoms with van der Waals surface area (Å²) in [7, 11) is 0. The minimum Gasteiger partial charge on any atom is -0.426 e. The average molecular weight is 369 g/mol. The van der Waals surface area contributed by atoms with Gasteiger partial charge in [0.2, 0.25) is 0 Å². The van der Waals surface area contributed by atoms with Gasteiger partial charge in [0.15, 0.2) is 5.78 Å². The fourth-order valence-electron chi connectivity index (χ4n) is 4.48. The summed E-state index contributed by atoms with van der Waals surface area (Å²) in [6, 6.07) is 14.6. The van der Waals surface area contributed by atoms with Crippen molar-refractivity contribution in [3.05, 3.63) is 64.7 Å². The van der Waals surface area contributed by atoms with Crippen LogP contribution in [0.5, 0.6) is 5.75 Å². The molecular weight excluding hydrogens is 348 g/mol. The number of hydrogen-bond donors (Lipinski definition) is 0. The first-order valence-corrected chi connectivity index (χ1v) is 9.58. The van der Waals surface area contributed by atoms with Gasteiger partial charge in [-0.1, -0.05) is 49.1 Å². The number of ketones is 1. The van der Waals surface area contributed by atoms with E-state index in [0.29, 0.717) is 22.8 Å². The van der Waals surface area contributed by atoms with Gasteiger partial charge >= 0.3 is 5.97 Å². The van der Waals surface area contributed by atoms with Crippen molar-refractivity contribution in [2.24, 2.45) is 5.41 Å². The van der Waals surface area contributed by atoms with E-state index >= 15 is 0 Å². The van der Waals surface area contributed by atoms with Gasteiger partial charge in [0.1, 0.15) is 5.75 Å². The van der Waals surface area contributed by atoms with E-state index in [0.717, 1.165) is 37.7 Å². The first-order chi connectivity index (χ1) is 12.6. The number of esters is 1. The third kappa shape index (κ3) is 2.95. The van der Waals surface area contributed by atoms with Crippen molar-refractivity contribution in [2.45, 2.75) is 44.4 Å². The van der Waals surface area contributed by atoms with Crippen LogP contribution in [0.25, 0.3) is 0 Å². The number of para-hydroxylation sites is 1. The zero-order valence-electron chi connectivity index (χ0n) is 14.5. The summed E-state index contributed by atoms with van der Waals surface area (Å²) in [6.07, 6.45) is 5.03. The molecule has 1 aliphatic heterocycles. The van der Waals surface area contributed by atoms with Crippen molar-refractivity contribution in [2.75, 3.05) is 0 Å². The lowest BCUT2D eigenvalue weighted by atomic mass is 9.61. The Balaban J connectivity index is 1.72. The standard InChI is InChI=1S/C22H21ClO3/c23-16-10-8-15(9-11-16)19(24)14-18-17-6-2-3-7-20(17)26-21(25)22(18)12-4-1-5-13-22/h2-3,6-11,18H,1,4-5,12-14H2. The molecule has 1 aliphatic carbocycles. The number of carbonyl (C=O) groups excluding carboxylic acids is 2. The van der Waals surface area contributed by atoms with Crippen LogP contribution >= 0.6 is 11.6 Å². The van der Waals surface area contributed by atoms with Gasteiger partial charge < -0.3 is 4.74 Å². The molecule has 0 saturated heterocycles. The molecule has 1 atom stereocenters. The third-order valence-corrected chi connectivity index (χ3v) is 6.12. The Kier molecular flexibility index (Phi) is 4.58. The number of halogens is 1. The molecule has 0 aromatic heterocycles. The Hall–Kier alpha value is -2.13. The molecule has 1 unspecified atom stereocenters. The van der Waals surface area contributed by atoms with Crippen molar-refractivity contribution in [1.29, 1.82) is 0 Å². The van der Waals surface area contributed by atoms with Crippen LogP contribution in [0.3, 0.4) is 0 Å². The molecule has 0 bridgehead atoms. The molecule has 134 valence electrons. The number of carbonyl (C=O) groups is 2. The second-order valence-electron chi connectivity index (χ2n) is 7.33. The number of ether oxygens (including phenoxy) is 1. The second-order valence-corrected chi connectivity index (χ2v) is 7.77. The second kappa shape index (κ2) is 6.88. The highest BCUT2D eigenvalue weighted by Crippen LogP contribution is 2.54. The van der Waals surface area contributed by atoms with Gasteiger partial charge in [-0.05, 0) is 48.7 Å². The predicted octanol–water partition coefficient (Wildman–Crippen LogP) is 5.57. The predicted molar refractivity (Wildman–Crippen MR) is 101 cm³/mol. The molecule has 3 nitrogen and oxygen atoms in total. The van der Waals surface area contributed by atoms with Gasteiger partial charge in [-0.15, -0.1) is 0 Å². The molecule has 1 spiro atoms. The van der Waals surface area contributed by atoms with Gasteiger partial charge in [0, 0.05) is 22.9 Å². The molecule has 1 heterocycles. The average Bonchev–Trinajstić information content (AvgIpc) is 2.67. The molecule has 4 heteroatoms. The van der Waals surface area contributed by atoms with E-state index in [2.05, 4.69) is 0 Å². The minimum absolute atomic E-state index is 0.0427. The minimum atomic E-state index is -0.575. The van der Waals surface area contributed by atoms with Crippen LogP contribution in [0, 0.1) is 5.41 Å². The van der Waals surface area contributed by atoms with Crippen molar-refractivity contribution in [3.63, 3.8) is 0 Å². The molecule has 0 N–H and O–H groups in total. The molecule has 1 saturated carbocycles. The van der Waals surface area contributed by atoms with Crippen molar-refractivity contribution in [1.82, 2.24) is 0 Å². The molecule has 2 aromatic rings. The van der Waals surface area contributed by atoms with Crippen LogP contribution in [0.15, 0.2) is 48.5 Å². The zero-order valence-corrected chi connectivity index (χ0v) is 15.3. The first-order valence-electron chi connectivity index (χ1n) is 9.20. The Labute approximate surface area is 158 Å². The van der Waals surface area contributed by atoms with Gasteiger partial charge in [0.25, 0.3) is 0 Å². The summed E-state index contributed by atoms with van der Waals surface area (Å²) < 4.78 is 5.69. The van der Waals surface area contributed by atoms with E-state index in [1.165, 1.54) is 0 Å². The summed E-state index contributed by atoms with van der Waals surface area (Å²) in [6.45, 7) is 0. The lowest BCUT2D eigenvalue weighted by Crippen LogP contribution is -2.45. The Morgan fingerprint density at radius 2 is 1.73 bits per heavy atom. The third-order valence-electron chi connectivity index (χ3n) is 5.87. The molecule has 1 fully saturated rings. The quantitative estimate of drug-likeness (QED) is 0.404. The highest BCUT2D eigenvalue weighted by molar-refractivity contribution is 6.30. The van der Waals surface area contributed by atoms with Crippen molar-refractivity contribution >= 4 is 23.4 Å². The monoisotopic (exact) mass is 368 g/mol. The summed E-state index contributed by atoms with van der Waals surface area (Å²) in [5, 5.41) is 0.608. The lowest BCUT2D eigenvalue weighted by Gasteiger charge is -2.44. The summed E-state index contributed by atoms with van der Waals surface area (Å²) in [4.78, 5) is 25.9. The Bertz CT molecular complexity index is 835. The van der Waals surface area contributed by atoms with E-state index in [-0.39, 0.29) is 17.7 Å². The largest absolute Gasteiger partial charge is 0.426 e. The van der Waals surface area contributed by atoms with Gasteiger partial charge in [-0.25, -0.2) is 0 Å². The molecule has 0 radical (unpaired) electrons. The maximum absolute atomic E-state index is 13.0. The van der Waals surface area contributed by atoms with Gasteiger partial charge in [-0.2, -0.15) is 0 Å². The van der Waals surface area contributed by atoms with Crippen LogP contribution < -0.4 is 4.74 Å². The summed E-state index contributed by atoms with van der Waals surface area (Å²) >= 11 is 5.94. The van der Waals surface area contributed by atoms with Crippen LogP contribution in [0.1, 0.15) is 60.4 Å². The van der Waals surface area contributed by atoms with E-state index < -0.39 is 5.41 Å². The lowest BCUT2D eigenvalue weighted by molar-refractivity contribution is -0.152. The normalized spacial score (nSPS) is 21.1. The summed E-state index contributed by atoms with van der Waals surface area (Å²) in [5.41, 5.74) is 1.04. The van der Waals surface area contributed by atoms with Crippen LogP contribution in [-0.4, -0.2) is 11.8 Å². The van der Waals surface area contributed by atoms with E-state index in [9.17, 15) is 9.59 Å². The van der Waals surface area contributed by atoms with E-state index in [1.54, 1.807) is 24.3 Å². The number of rotatable bonds is 3. The topological polar surface area (TPSA) is 43.4 Å². The van der Waals surface area contributed by atoms with Crippen molar-refractivity contribution in [3.8, 4) is 5.75 Å². The molecule has 4 rings (SSSR count). The molecule has 26 heavy (non-hydrogen) atoms. The highest BCUT2D eigenvalue weighted by Gasteiger charge is 2.52. The highest BCUT2D eigenvalue weighted by atomic mass is 35.5. The fraction of sp³-hybridized carbons (Fsp3) is 0.364. The molecular formula is C22H21ClO3. The zero-order chi connectivity index (χ0) is 18.1. The van der Waals surface area contributed by atoms with E-state index in [1.807, 2.05) is 24.3 Å². The fourth-order valence-corrected chi connectivity index (χ4v) is 4.61.